The molecule has 2 aromatic carbocycles. The van der Waals surface area contributed by atoms with Gasteiger partial charge < -0.3 is 10.1 Å². The molecule has 1 N–H and O–H groups in total. The second-order valence-corrected chi connectivity index (χ2v) is 5.30. The molecule has 0 radical (unpaired) electrons. The van der Waals surface area contributed by atoms with E-state index in [9.17, 15) is 4.79 Å². The highest BCUT2D eigenvalue weighted by Crippen LogP contribution is 2.16. The van der Waals surface area contributed by atoms with Gasteiger partial charge in [0.05, 0.1) is 12.1 Å². The van der Waals surface area contributed by atoms with Gasteiger partial charge in [-0.25, -0.2) is 0 Å². The maximum absolute atomic E-state index is 12.2. The molecule has 0 aliphatic rings. The zero-order chi connectivity index (χ0) is 15.2. The Morgan fingerprint density at radius 1 is 0.952 bits per heavy atom. The zero-order valence-electron chi connectivity index (χ0n) is 12.7. The summed E-state index contributed by atoms with van der Waals surface area (Å²) in [7, 11) is 0. The Morgan fingerprint density at radius 3 is 2.14 bits per heavy atom. The van der Waals surface area contributed by atoms with Crippen LogP contribution in [0, 0.1) is 0 Å². The Kier molecular flexibility index (Phi) is 4.99. The molecule has 0 saturated heterocycles. The third-order valence-electron chi connectivity index (χ3n) is 3.14. The van der Waals surface area contributed by atoms with Crippen LogP contribution >= 0.6 is 0 Å². The maximum atomic E-state index is 12.2. The molecule has 0 unspecified atom stereocenters. The summed E-state index contributed by atoms with van der Waals surface area (Å²) < 4.78 is 5.57. The van der Waals surface area contributed by atoms with Gasteiger partial charge in [0.25, 0.3) is 5.91 Å². The number of rotatable bonds is 5. The van der Waals surface area contributed by atoms with E-state index in [0.717, 1.165) is 11.3 Å². The Balaban J connectivity index is 2.00. The molecule has 0 spiro atoms. The largest absolute Gasteiger partial charge is 0.491 e. The highest BCUT2D eigenvalue weighted by Gasteiger charge is 2.11. The zero-order valence-corrected chi connectivity index (χ0v) is 12.7. The Labute approximate surface area is 126 Å². The molecule has 0 fully saturated rings. The number of hydrogen-bond acceptors (Lipinski definition) is 2. The number of carbonyl (C=O) groups is 1. The fourth-order valence-electron chi connectivity index (χ4n) is 2.06. The van der Waals surface area contributed by atoms with Gasteiger partial charge in [0, 0.05) is 5.56 Å². The molecule has 0 saturated carbocycles. The minimum atomic E-state index is -0.0811. The predicted octanol–water partition coefficient (Wildman–Crippen LogP) is 3.96. The van der Waals surface area contributed by atoms with Crippen molar-refractivity contribution >= 4 is 5.91 Å². The molecule has 1 amide bonds. The maximum Gasteiger partial charge on any atom is 0.251 e. The van der Waals surface area contributed by atoms with E-state index in [1.54, 1.807) is 12.1 Å². The smallest absolute Gasteiger partial charge is 0.251 e. The molecule has 0 bridgehead atoms. The van der Waals surface area contributed by atoms with Gasteiger partial charge in [0.15, 0.2) is 0 Å². The van der Waals surface area contributed by atoms with Gasteiger partial charge in [-0.2, -0.15) is 0 Å². The van der Waals surface area contributed by atoms with Crippen molar-refractivity contribution in [3.05, 3.63) is 65.7 Å². The van der Waals surface area contributed by atoms with Crippen LogP contribution in [0.5, 0.6) is 5.75 Å². The first-order valence-electron chi connectivity index (χ1n) is 7.19. The minimum Gasteiger partial charge on any atom is -0.491 e. The summed E-state index contributed by atoms with van der Waals surface area (Å²) in [5.41, 5.74) is 1.72. The van der Waals surface area contributed by atoms with Crippen LogP contribution in [-0.4, -0.2) is 12.0 Å². The number of benzene rings is 2. The summed E-state index contributed by atoms with van der Waals surface area (Å²) >= 11 is 0. The number of hydrogen-bond donors (Lipinski definition) is 1. The van der Waals surface area contributed by atoms with Crippen LogP contribution in [0.4, 0.5) is 0 Å². The van der Waals surface area contributed by atoms with E-state index < -0.39 is 0 Å². The first-order chi connectivity index (χ1) is 10.1. The summed E-state index contributed by atoms with van der Waals surface area (Å²) in [5.74, 6) is 0.695. The normalized spacial score (nSPS) is 12.0. The van der Waals surface area contributed by atoms with Gasteiger partial charge in [-0.15, -0.1) is 0 Å². The van der Waals surface area contributed by atoms with Crippen LogP contribution in [0.15, 0.2) is 54.6 Å². The van der Waals surface area contributed by atoms with Crippen LogP contribution in [-0.2, 0) is 0 Å². The molecule has 1 atom stereocenters. The lowest BCUT2D eigenvalue weighted by Gasteiger charge is -2.15. The monoisotopic (exact) mass is 283 g/mol. The highest BCUT2D eigenvalue weighted by atomic mass is 16.5. The van der Waals surface area contributed by atoms with Crippen molar-refractivity contribution in [3.63, 3.8) is 0 Å². The lowest BCUT2D eigenvalue weighted by molar-refractivity contribution is 0.0940. The number of amides is 1. The van der Waals surface area contributed by atoms with Crippen molar-refractivity contribution in [3.8, 4) is 5.75 Å². The molecule has 3 nitrogen and oxygen atoms in total. The van der Waals surface area contributed by atoms with Crippen LogP contribution in [0.3, 0.4) is 0 Å². The molecular formula is C18H21NO2. The van der Waals surface area contributed by atoms with Crippen molar-refractivity contribution in [2.75, 3.05) is 0 Å². The highest BCUT2D eigenvalue weighted by molar-refractivity contribution is 5.94. The van der Waals surface area contributed by atoms with E-state index in [-0.39, 0.29) is 18.1 Å². The standard InChI is InChI=1S/C18H21NO2/c1-13(2)21-17-11-9-16(10-12-17)18(20)19-14(3)15-7-5-4-6-8-15/h4-14H,1-3H3,(H,19,20)/t14-/m0/s1. The van der Waals surface area contributed by atoms with Crippen LogP contribution in [0.25, 0.3) is 0 Å². The van der Waals surface area contributed by atoms with Gasteiger partial charge >= 0.3 is 0 Å². The fraction of sp³-hybridized carbons (Fsp3) is 0.278. The van der Waals surface area contributed by atoms with Gasteiger partial charge in [0.2, 0.25) is 0 Å². The van der Waals surface area contributed by atoms with E-state index in [1.165, 1.54) is 0 Å². The van der Waals surface area contributed by atoms with Crippen LogP contribution < -0.4 is 10.1 Å². The van der Waals surface area contributed by atoms with E-state index in [2.05, 4.69) is 5.32 Å². The van der Waals surface area contributed by atoms with E-state index >= 15 is 0 Å². The van der Waals surface area contributed by atoms with Gasteiger partial charge in [-0.1, -0.05) is 30.3 Å². The SMILES string of the molecule is CC(C)Oc1ccc(C(=O)N[C@@H](C)c2ccccc2)cc1. The molecule has 0 aliphatic carbocycles. The van der Waals surface area contributed by atoms with Crippen molar-refractivity contribution in [1.82, 2.24) is 5.32 Å². The van der Waals surface area contributed by atoms with E-state index in [0.29, 0.717) is 5.56 Å². The lowest BCUT2D eigenvalue weighted by atomic mass is 10.1. The molecule has 0 heterocycles. The Bertz CT molecular complexity index is 576. The van der Waals surface area contributed by atoms with Gasteiger partial charge in [0.1, 0.15) is 5.75 Å². The molecule has 3 heteroatoms. The van der Waals surface area contributed by atoms with Gasteiger partial charge in [-0.3, -0.25) is 4.79 Å². The van der Waals surface area contributed by atoms with Crippen molar-refractivity contribution in [2.45, 2.75) is 32.9 Å². The molecule has 0 aromatic heterocycles. The van der Waals surface area contributed by atoms with Crippen LogP contribution in [0.2, 0.25) is 0 Å². The number of carbonyl (C=O) groups excluding carboxylic acids is 1. The lowest BCUT2D eigenvalue weighted by Crippen LogP contribution is -2.26. The summed E-state index contributed by atoms with van der Waals surface area (Å²) in [4.78, 5) is 12.2. The van der Waals surface area contributed by atoms with Crippen molar-refractivity contribution in [1.29, 1.82) is 0 Å². The first-order valence-corrected chi connectivity index (χ1v) is 7.19. The Hall–Kier alpha value is -2.29. The van der Waals surface area contributed by atoms with E-state index in [4.69, 9.17) is 4.74 Å². The number of ether oxygens (including phenoxy) is 1. The predicted molar refractivity (Wildman–Crippen MR) is 84.5 cm³/mol. The fourth-order valence-corrected chi connectivity index (χ4v) is 2.06. The van der Waals surface area contributed by atoms with Crippen molar-refractivity contribution < 1.29 is 9.53 Å². The summed E-state index contributed by atoms with van der Waals surface area (Å²) in [5, 5.41) is 2.99. The average molecular weight is 283 g/mol. The van der Waals surface area contributed by atoms with Crippen molar-refractivity contribution in [2.24, 2.45) is 0 Å². The molecule has 110 valence electrons. The molecule has 21 heavy (non-hydrogen) atoms. The second kappa shape index (κ2) is 6.93. The summed E-state index contributed by atoms with van der Waals surface area (Å²) in [6, 6.07) is 17.1. The third kappa shape index (κ3) is 4.35. The quantitative estimate of drug-likeness (QED) is 0.901. The first kappa shape index (κ1) is 15.1. The molecular weight excluding hydrogens is 262 g/mol. The van der Waals surface area contributed by atoms with Gasteiger partial charge in [-0.05, 0) is 50.6 Å². The average Bonchev–Trinajstić information content (AvgIpc) is 2.48. The second-order valence-electron chi connectivity index (χ2n) is 5.30. The minimum absolute atomic E-state index is 0.0229. The summed E-state index contributed by atoms with van der Waals surface area (Å²) in [6.07, 6.45) is 0.128. The topological polar surface area (TPSA) is 38.3 Å². The molecule has 0 aliphatic heterocycles. The third-order valence-corrected chi connectivity index (χ3v) is 3.14. The van der Waals surface area contributed by atoms with E-state index in [1.807, 2.05) is 63.2 Å². The molecule has 2 rings (SSSR count). The summed E-state index contributed by atoms with van der Waals surface area (Å²) in [6.45, 7) is 5.92. The van der Waals surface area contributed by atoms with Crippen LogP contribution in [0.1, 0.15) is 42.7 Å². The molecule has 2 aromatic rings. The Morgan fingerprint density at radius 2 is 1.57 bits per heavy atom. The number of nitrogens with one attached hydrogen (secondary N) is 1.